The van der Waals surface area contributed by atoms with Crippen LogP contribution in [0.4, 0.5) is 0 Å². The first-order chi connectivity index (χ1) is 9.36. The molecule has 0 unspecified atom stereocenters. The molecule has 1 rings (SSSR count). The van der Waals surface area contributed by atoms with Crippen LogP contribution in [0.15, 0.2) is 16.7 Å². The van der Waals surface area contributed by atoms with Crippen LogP contribution in [0, 0.1) is 5.92 Å². The number of aromatic nitrogens is 1. The van der Waals surface area contributed by atoms with E-state index in [-0.39, 0.29) is 11.9 Å². The second-order valence-corrected chi connectivity index (χ2v) is 6.60. The molecular weight excluding hydrogens is 320 g/mol. The largest absolute Gasteiger partial charge is 0.383 e. The second-order valence-electron chi connectivity index (χ2n) is 5.68. The Morgan fingerprint density at radius 1 is 1.40 bits per heavy atom. The van der Waals surface area contributed by atoms with Crippen LogP contribution in [0.2, 0.25) is 0 Å². The molecular formula is C15H25BrN2O2. The average molecular weight is 345 g/mol. The van der Waals surface area contributed by atoms with Crippen molar-refractivity contribution in [1.29, 1.82) is 0 Å². The van der Waals surface area contributed by atoms with Crippen molar-refractivity contribution < 1.29 is 9.53 Å². The molecule has 114 valence electrons. The van der Waals surface area contributed by atoms with Gasteiger partial charge in [0.25, 0.3) is 5.91 Å². The molecule has 0 saturated carbocycles. The molecule has 0 spiro atoms. The zero-order valence-electron chi connectivity index (χ0n) is 13.0. The number of amides is 1. The number of carbonyl (C=O) groups is 1. The minimum Gasteiger partial charge on any atom is -0.383 e. The standard InChI is InChI=1S/C15H25BrN2O2/c1-11(2)9-17(6-7-20-5)15(19)14-8-13(16)10-18(14)12(3)4/h8,10-12H,6-7,9H2,1-5H3. The second kappa shape index (κ2) is 7.84. The molecule has 4 nitrogen and oxygen atoms in total. The minimum atomic E-state index is 0.0650. The summed E-state index contributed by atoms with van der Waals surface area (Å²) in [6.07, 6.45) is 1.96. The molecule has 0 aromatic carbocycles. The quantitative estimate of drug-likeness (QED) is 0.757. The Balaban J connectivity index is 2.98. The van der Waals surface area contributed by atoms with Crippen LogP contribution in [0.1, 0.15) is 44.2 Å². The summed E-state index contributed by atoms with van der Waals surface area (Å²) in [6, 6.07) is 2.14. The fourth-order valence-electron chi connectivity index (χ4n) is 2.12. The SMILES string of the molecule is COCCN(CC(C)C)C(=O)c1cc(Br)cn1C(C)C. The summed E-state index contributed by atoms with van der Waals surface area (Å²) >= 11 is 3.46. The Hall–Kier alpha value is -0.810. The molecule has 0 bridgehead atoms. The number of methoxy groups -OCH3 is 1. The van der Waals surface area contributed by atoms with Gasteiger partial charge in [0.1, 0.15) is 5.69 Å². The van der Waals surface area contributed by atoms with Crippen LogP contribution in [-0.4, -0.2) is 42.2 Å². The first kappa shape index (κ1) is 17.2. The molecule has 0 aliphatic rings. The zero-order valence-corrected chi connectivity index (χ0v) is 14.6. The first-order valence-corrected chi connectivity index (χ1v) is 7.81. The molecule has 0 saturated heterocycles. The predicted octanol–water partition coefficient (Wildman–Crippen LogP) is 3.58. The van der Waals surface area contributed by atoms with Gasteiger partial charge in [-0.1, -0.05) is 13.8 Å². The van der Waals surface area contributed by atoms with E-state index < -0.39 is 0 Å². The molecule has 0 atom stereocenters. The molecule has 1 heterocycles. The number of hydrogen-bond acceptors (Lipinski definition) is 2. The molecule has 0 fully saturated rings. The van der Waals surface area contributed by atoms with Crippen molar-refractivity contribution in [3.05, 3.63) is 22.4 Å². The molecule has 5 heteroatoms. The summed E-state index contributed by atoms with van der Waals surface area (Å²) in [6.45, 7) is 10.3. The van der Waals surface area contributed by atoms with E-state index in [4.69, 9.17) is 4.74 Å². The topological polar surface area (TPSA) is 34.5 Å². The number of ether oxygens (including phenoxy) is 1. The third kappa shape index (κ3) is 4.63. The van der Waals surface area contributed by atoms with Gasteiger partial charge in [0.15, 0.2) is 0 Å². The van der Waals surface area contributed by atoms with Gasteiger partial charge in [0, 0.05) is 36.9 Å². The van der Waals surface area contributed by atoms with E-state index in [9.17, 15) is 4.79 Å². The van der Waals surface area contributed by atoms with Gasteiger partial charge < -0.3 is 14.2 Å². The van der Waals surface area contributed by atoms with E-state index in [2.05, 4.69) is 43.6 Å². The Morgan fingerprint density at radius 3 is 2.55 bits per heavy atom. The van der Waals surface area contributed by atoms with Gasteiger partial charge >= 0.3 is 0 Å². The van der Waals surface area contributed by atoms with Crippen molar-refractivity contribution in [3.8, 4) is 0 Å². The van der Waals surface area contributed by atoms with E-state index in [0.717, 1.165) is 16.7 Å². The Labute approximate surface area is 130 Å². The smallest absolute Gasteiger partial charge is 0.270 e. The van der Waals surface area contributed by atoms with Crippen molar-refractivity contribution in [2.75, 3.05) is 26.8 Å². The van der Waals surface area contributed by atoms with Gasteiger partial charge in [-0.15, -0.1) is 0 Å². The molecule has 0 aliphatic heterocycles. The molecule has 0 radical (unpaired) electrons. The van der Waals surface area contributed by atoms with E-state index in [1.54, 1.807) is 7.11 Å². The number of carbonyl (C=O) groups excluding carboxylic acids is 1. The minimum absolute atomic E-state index is 0.0650. The summed E-state index contributed by atoms with van der Waals surface area (Å²) < 4.78 is 8.06. The fourth-order valence-corrected chi connectivity index (χ4v) is 2.56. The van der Waals surface area contributed by atoms with Crippen LogP contribution in [0.5, 0.6) is 0 Å². The first-order valence-electron chi connectivity index (χ1n) is 7.02. The molecule has 1 amide bonds. The lowest BCUT2D eigenvalue weighted by atomic mass is 10.2. The molecule has 0 N–H and O–H groups in total. The maximum atomic E-state index is 12.8. The van der Waals surface area contributed by atoms with Crippen molar-refractivity contribution >= 4 is 21.8 Å². The normalized spacial score (nSPS) is 11.4. The zero-order chi connectivity index (χ0) is 15.3. The fraction of sp³-hybridized carbons (Fsp3) is 0.667. The summed E-state index contributed by atoms with van der Waals surface area (Å²) in [4.78, 5) is 14.6. The van der Waals surface area contributed by atoms with Crippen molar-refractivity contribution in [2.24, 2.45) is 5.92 Å². The van der Waals surface area contributed by atoms with Crippen molar-refractivity contribution in [3.63, 3.8) is 0 Å². The highest BCUT2D eigenvalue weighted by molar-refractivity contribution is 9.10. The summed E-state index contributed by atoms with van der Waals surface area (Å²) in [7, 11) is 1.66. The van der Waals surface area contributed by atoms with Gasteiger partial charge in [-0.05, 0) is 41.8 Å². The van der Waals surface area contributed by atoms with Crippen LogP contribution < -0.4 is 0 Å². The lowest BCUT2D eigenvalue weighted by molar-refractivity contribution is 0.0660. The highest BCUT2D eigenvalue weighted by atomic mass is 79.9. The van der Waals surface area contributed by atoms with E-state index in [1.807, 2.05) is 21.7 Å². The summed E-state index contributed by atoms with van der Waals surface area (Å²) in [5.41, 5.74) is 0.726. The lowest BCUT2D eigenvalue weighted by Gasteiger charge is -2.25. The third-order valence-electron chi connectivity index (χ3n) is 3.03. The van der Waals surface area contributed by atoms with Crippen LogP contribution >= 0.6 is 15.9 Å². The highest BCUT2D eigenvalue weighted by Crippen LogP contribution is 2.21. The number of rotatable bonds is 7. The van der Waals surface area contributed by atoms with Crippen LogP contribution in [0.3, 0.4) is 0 Å². The van der Waals surface area contributed by atoms with Crippen LogP contribution in [-0.2, 0) is 4.74 Å². The lowest BCUT2D eigenvalue weighted by Crippen LogP contribution is -2.37. The van der Waals surface area contributed by atoms with Gasteiger partial charge in [-0.3, -0.25) is 4.79 Å². The van der Waals surface area contributed by atoms with Crippen molar-refractivity contribution in [1.82, 2.24) is 9.47 Å². The van der Waals surface area contributed by atoms with Gasteiger partial charge in [0.2, 0.25) is 0 Å². The molecule has 20 heavy (non-hydrogen) atoms. The average Bonchev–Trinajstić information content (AvgIpc) is 2.75. The Bertz CT molecular complexity index is 441. The molecule has 1 aromatic rings. The van der Waals surface area contributed by atoms with Gasteiger partial charge in [-0.2, -0.15) is 0 Å². The monoisotopic (exact) mass is 344 g/mol. The number of halogens is 1. The third-order valence-corrected chi connectivity index (χ3v) is 3.46. The van der Waals surface area contributed by atoms with Crippen molar-refractivity contribution in [2.45, 2.75) is 33.7 Å². The Kier molecular flexibility index (Phi) is 6.76. The number of nitrogens with zero attached hydrogens (tertiary/aromatic N) is 2. The Morgan fingerprint density at radius 2 is 2.05 bits per heavy atom. The highest BCUT2D eigenvalue weighted by Gasteiger charge is 2.21. The summed E-state index contributed by atoms with van der Waals surface area (Å²) in [5, 5.41) is 0. The number of hydrogen-bond donors (Lipinski definition) is 0. The molecule has 1 aromatic heterocycles. The maximum absolute atomic E-state index is 12.8. The molecule has 0 aliphatic carbocycles. The summed E-state index contributed by atoms with van der Waals surface area (Å²) in [5.74, 6) is 0.497. The van der Waals surface area contributed by atoms with E-state index in [0.29, 0.717) is 19.1 Å². The maximum Gasteiger partial charge on any atom is 0.270 e. The van der Waals surface area contributed by atoms with E-state index >= 15 is 0 Å². The van der Waals surface area contributed by atoms with E-state index in [1.165, 1.54) is 0 Å². The van der Waals surface area contributed by atoms with Crippen LogP contribution in [0.25, 0.3) is 0 Å². The predicted molar refractivity (Wildman–Crippen MR) is 85.1 cm³/mol. The van der Waals surface area contributed by atoms with Gasteiger partial charge in [-0.25, -0.2) is 0 Å². The van der Waals surface area contributed by atoms with Gasteiger partial charge in [0.05, 0.1) is 6.61 Å².